The number of rotatable bonds is 0. The molecule has 0 aromatic carbocycles. The summed E-state index contributed by atoms with van der Waals surface area (Å²) in [6.07, 6.45) is 0. The van der Waals surface area contributed by atoms with Crippen LogP contribution >= 0.6 is 54.3 Å². The third kappa shape index (κ3) is 4.97. The minimum atomic E-state index is 0.950. The first-order valence-corrected chi connectivity index (χ1v) is 13.3. The van der Waals surface area contributed by atoms with Gasteiger partial charge in [0.2, 0.25) is 0 Å². The molecule has 3 aromatic rings. The van der Waals surface area contributed by atoms with Gasteiger partial charge in [-0.05, 0) is 36.4 Å². The molecule has 0 saturated carbocycles. The summed E-state index contributed by atoms with van der Waals surface area (Å²) in [6, 6.07) is 18.1. The van der Waals surface area contributed by atoms with Crippen LogP contribution in [0.1, 0.15) is 0 Å². The van der Waals surface area contributed by atoms with Crippen LogP contribution in [-0.2, 0) is 17.3 Å². The quantitative estimate of drug-likeness (QED) is 0.208. The van der Waals surface area contributed by atoms with Crippen LogP contribution in [0.5, 0.6) is 0 Å². The Labute approximate surface area is 169 Å². The zero-order valence-corrected chi connectivity index (χ0v) is 17.5. The molecule has 23 heavy (non-hydrogen) atoms. The van der Waals surface area contributed by atoms with E-state index in [1.165, 1.54) is 0 Å². The maximum absolute atomic E-state index is 4.65. The van der Waals surface area contributed by atoms with Crippen LogP contribution in [0.3, 0.4) is 0 Å². The molecular weight excluding hydrogens is 553 g/mol. The second-order valence-corrected chi connectivity index (χ2v) is 7.37. The molecule has 0 N–H and O–H groups in total. The molecule has 1 aliphatic rings. The maximum Gasteiger partial charge on any atom is 0.104 e. The molecule has 0 aliphatic carbocycles. The monoisotopic (exact) mass is 561 g/mol. The number of pyridine rings is 3. The standard InChI is InChI=1S/C15H9N3S3.Ag.HI/c1-4-10-16-11(5-1)20-13-7-3-9-15(18-13)21-14-8-2-6-12(17-14)19-10;;/h1-9H;;1H/q;+1;/p-1. The topological polar surface area (TPSA) is 38.7 Å². The van der Waals surface area contributed by atoms with Crippen molar-refractivity contribution in [2.45, 2.75) is 30.2 Å². The van der Waals surface area contributed by atoms with Gasteiger partial charge in [0.05, 0.1) is 0 Å². The Morgan fingerprint density at radius 1 is 0.522 bits per heavy atom. The van der Waals surface area contributed by atoms with E-state index in [2.05, 4.69) is 32.2 Å². The smallest absolute Gasteiger partial charge is 0.104 e. The molecule has 3 aromatic heterocycles. The molecule has 0 atom stereocenters. The van der Waals surface area contributed by atoms with E-state index < -0.39 is 0 Å². The van der Waals surface area contributed by atoms with Gasteiger partial charge >= 0.3 is 36.3 Å². The number of aromatic nitrogens is 3. The molecule has 3 nitrogen and oxygen atoms in total. The van der Waals surface area contributed by atoms with E-state index in [0.717, 1.165) is 30.2 Å². The molecular formula is C15H9AgIN3S3. The minimum Gasteiger partial charge on any atom is -0.234 e. The molecule has 0 fully saturated rings. The molecule has 4 heterocycles. The van der Waals surface area contributed by atoms with E-state index in [0.29, 0.717) is 0 Å². The molecule has 120 valence electrons. The Kier molecular flexibility index (Phi) is 6.87. The van der Waals surface area contributed by atoms with Crippen molar-refractivity contribution in [3.05, 3.63) is 54.6 Å². The van der Waals surface area contributed by atoms with E-state index in [1.54, 1.807) is 35.3 Å². The summed E-state index contributed by atoms with van der Waals surface area (Å²) in [5.74, 6) is 0. The van der Waals surface area contributed by atoms with Gasteiger partial charge in [-0.1, -0.05) is 53.5 Å². The largest absolute Gasteiger partial charge is 0.234 e. The van der Waals surface area contributed by atoms with Crippen LogP contribution in [0, 0.1) is 0 Å². The fourth-order valence-corrected chi connectivity index (χ4v) is 4.41. The van der Waals surface area contributed by atoms with Gasteiger partial charge in [-0.2, -0.15) is 0 Å². The van der Waals surface area contributed by atoms with Crippen molar-refractivity contribution in [2.75, 3.05) is 0 Å². The SMILES string of the molecule is [Ag][I].c1cc2nc(c1)Sc1cccc(n1)Sc1cccc(n1)S2. The van der Waals surface area contributed by atoms with E-state index in [1.807, 2.05) is 73.6 Å². The molecule has 0 saturated heterocycles. The van der Waals surface area contributed by atoms with Crippen molar-refractivity contribution >= 4 is 54.3 Å². The van der Waals surface area contributed by atoms with Crippen molar-refractivity contribution in [1.82, 2.24) is 15.0 Å². The predicted octanol–water partition coefficient (Wildman–Crippen LogP) is 5.52. The summed E-state index contributed by atoms with van der Waals surface area (Å²) >= 11 is 9.63. The Hall–Kier alpha value is -0.0297. The molecule has 0 unspecified atom stereocenters. The van der Waals surface area contributed by atoms with Gasteiger partial charge in [0, 0.05) is 0 Å². The summed E-state index contributed by atoms with van der Waals surface area (Å²) in [5, 5.41) is 5.70. The Bertz CT molecular complexity index is 659. The first-order valence-electron chi connectivity index (χ1n) is 6.41. The second kappa shape index (κ2) is 8.89. The summed E-state index contributed by atoms with van der Waals surface area (Å²) in [5.41, 5.74) is 0. The van der Waals surface area contributed by atoms with Crippen molar-refractivity contribution in [2.24, 2.45) is 0 Å². The first-order chi connectivity index (χ1) is 11.3. The molecule has 0 radical (unpaired) electrons. The van der Waals surface area contributed by atoms with E-state index in [-0.39, 0.29) is 0 Å². The summed E-state index contributed by atoms with van der Waals surface area (Å²) in [7, 11) is 0. The van der Waals surface area contributed by atoms with Gasteiger partial charge in [-0.25, -0.2) is 15.0 Å². The van der Waals surface area contributed by atoms with Crippen molar-refractivity contribution in [1.29, 1.82) is 0 Å². The normalized spacial score (nSPS) is 12.3. The summed E-state index contributed by atoms with van der Waals surface area (Å²) in [6.45, 7) is 0. The number of fused-ring (bicyclic) bond motifs is 6. The number of hydrogen-bond donors (Lipinski definition) is 0. The molecule has 0 amide bonds. The molecule has 6 bridgehead atoms. The van der Waals surface area contributed by atoms with Gasteiger partial charge in [-0.3, -0.25) is 0 Å². The maximum atomic E-state index is 4.65. The van der Waals surface area contributed by atoms with Crippen LogP contribution in [0.15, 0.2) is 84.8 Å². The first kappa shape index (κ1) is 17.8. The number of nitrogens with zero attached hydrogens (tertiary/aromatic N) is 3. The zero-order valence-electron chi connectivity index (χ0n) is 11.4. The minimum absolute atomic E-state index is 0.950. The molecule has 8 heteroatoms. The fourth-order valence-electron chi connectivity index (χ4n) is 1.85. The zero-order chi connectivity index (χ0) is 16.1. The third-order valence-corrected chi connectivity index (χ3v) is 5.34. The second-order valence-electron chi connectivity index (χ2n) is 4.25. The van der Waals surface area contributed by atoms with Crippen LogP contribution in [0.2, 0.25) is 0 Å². The van der Waals surface area contributed by atoms with Crippen LogP contribution < -0.4 is 0 Å². The van der Waals surface area contributed by atoms with Crippen LogP contribution in [0.25, 0.3) is 0 Å². The van der Waals surface area contributed by atoms with Gasteiger partial charge in [0.25, 0.3) is 0 Å². The Morgan fingerprint density at radius 2 is 0.739 bits per heavy atom. The Morgan fingerprint density at radius 3 is 0.957 bits per heavy atom. The summed E-state index contributed by atoms with van der Waals surface area (Å²) < 4.78 is 0. The van der Waals surface area contributed by atoms with Crippen molar-refractivity contribution in [3.8, 4) is 0 Å². The van der Waals surface area contributed by atoms with Gasteiger partial charge in [0.1, 0.15) is 30.2 Å². The summed E-state index contributed by atoms with van der Waals surface area (Å²) in [4.78, 5) is 14.0. The Balaban J connectivity index is 0.000000753. The van der Waals surface area contributed by atoms with Crippen LogP contribution in [-0.4, -0.2) is 15.0 Å². The predicted molar refractivity (Wildman–Crippen MR) is 99.1 cm³/mol. The van der Waals surface area contributed by atoms with E-state index >= 15 is 0 Å². The van der Waals surface area contributed by atoms with Crippen LogP contribution in [0.4, 0.5) is 0 Å². The van der Waals surface area contributed by atoms with E-state index in [4.69, 9.17) is 0 Å². The number of hydrogen-bond acceptors (Lipinski definition) is 6. The number of halogens is 1. The molecule has 1 aliphatic heterocycles. The fraction of sp³-hybridized carbons (Fsp3) is 0. The van der Waals surface area contributed by atoms with Gasteiger partial charge < -0.3 is 0 Å². The van der Waals surface area contributed by atoms with Gasteiger partial charge in [-0.15, -0.1) is 0 Å². The van der Waals surface area contributed by atoms with Gasteiger partial charge in [0.15, 0.2) is 0 Å². The molecule has 0 spiro atoms. The van der Waals surface area contributed by atoms with Crippen molar-refractivity contribution in [3.63, 3.8) is 0 Å². The average Bonchev–Trinajstić information content (AvgIpc) is 2.57. The van der Waals surface area contributed by atoms with Crippen molar-refractivity contribution < 1.29 is 17.3 Å². The molecule has 4 rings (SSSR count). The van der Waals surface area contributed by atoms with E-state index in [9.17, 15) is 0 Å². The third-order valence-electron chi connectivity index (χ3n) is 2.72. The average molecular weight is 562 g/mol.